The van der Waals surface area contributed by atoms with E-state index < -0.39 is 9.05 Å². The number of ether oxygens (including phenoxy) is 1. The summed E-state index contributed by atoms with van der Waals surface area (Å²) in [7, 11) is 1.74. The van der Waals surface area contributed by atoms with Gasteiger partial charge in [-0.2, -0.15) is 0 Å². The first-order chi connectivity index (χ1) is 9.70. The van der Waals surface area contributed by atoms with Crippen molar-refractivity contribution in [3.8, 4) is 5.75 Å². The van der Waals surface area contributed by atoms with Crippen molar-refractivity contribution < 1.29 is 13.2 Å². The number of hydrogen-bond donors (Lipinski definition) is 0. The van der Waals surface area contributed by atoms with Crippen molar-refractivity contribution in [1.82, 2.24) is 0 Å². The van der Waals surface area contributed by atoms with Crippen molar-refractivity contribution in [2.45, 2.75) is 58.0 Å². The van der Waals surface area contributed by atoms with Crippen LogP contribution in [0, 0.1) is 25.7 Å². The predicted molar refractivity (Wildman–Crippen MR) is 85.5 cm³/mol. The van der Waals surface area contributed by atoms with Gasteiger partial charge in [0.1, 0.15) is 5.75 Å². The van der Waals surface area contributed by atoms with Crippen LogP contribution in [0.25, 0.3) is 0 Å². The average molecular weight is 331 g/mol. The molecule has 0 amide bonds. The summed E-state index contributed by atoms with van der Waals surface area (Å²) in [6.45, 7) is 8.20. The first kappa shape index (κ1) is 16.6. The zero-order valence-electron chi connectivity index (χ0n) is 13.0. The van der Waals surface area contributed by atoms with Crippen LogP contribution in [-0.4, -0.2) is 14.5 Å². The molecule has 1 aromatic rings. The fourth-order valence-electron chi connectivity index (χ4n) is 2.95. The topological polar surface area (TPSA) is 43.4 Å². The van der Waals surface area contributed by atoms with Gasteiger partial charge in [-0.15, -0.1) is 0 Å². The molecule has 0 radical (unpaired) electrons. The highest BCUT2D eigenvalue weighted by atomic mass is 35.7. The Morgan fingerprint density at radius 2 is 1.76 bits per heavy atom. The smallest absolute Gasteiger partial charge is 0.261 e. The van der Waals surface area contributed by atoms with E-state index in [9.17, 15) is 8.42 Å². The van der Waals surface area contributed by atoms with Crippen LogP contribution in [0.15, 0.2) is 17.0 Å². The molecule has 0 bridgehead atoms. The second kappa shape index (κ2) is 6.17. The number of rotatable bonds is 3. The molecule has 1 aliphatic carbocycles. The Hall–Kier alpha value is -0.740. The van der Waals surface area contributed by atoms with E-state index in [0.717, 1.165) is 30.1 Å². The molecule has 2 rings (SSSR count). The van der Waals surface area contributed by atoms with Crippen LogP contribution in [0.2, 0.25) is 0 Å². The third-order valence-electron chi connectivity index (χ3n) is 4.79. The molecule has 1 aromatic carbocycles. The van der Waals surface area contributed by atoms with Crippen LogP contribution in [0.3, 0.4) is 0 Å². The van der Waals surface area contributed by atoms with Gasteiger partial charge < -0.3 is 4.74 Å². The monoisotopic (exact) mass is 330 g/mol. The molecule has 118 valence electrons. The number of halogens is 1. The lowest BCUT2D eigenvalue weighted by Gasteiger charge is -2.32. The summed E-state index contributed by atoms with van der Waals surface area (Å²) >= 11 is 0. The molecule has 3 nitrogen and oxygen atoms in total. The molecular formula is C16H23ClO3S. The van der Waals surface area contributed by atoms with Gasteiger partial charge >= 0.3 is 0 Å². The number of hydrogen-bond acceptors (Lipinski definition) is 3. The van der Waals surface area contributed by atoms with Gasteiger partial charge in [0.2, 0.25) is 0 Å². The molecule has 1 saturated carbocycles. The van der Waals surface area contributed by atoms with E-state index in [0.29, 0.717) is 11.5 Å². The summed E-state index contributed by atoms with van der Waals surface area (Å²) < 4.78 is 29.1. The standard InChI is InChI=1S/C16H23ClO3S/c1-10-5-6-14(9-11(10)2)20-15-7-8-16(21(17,18)19)13(4)12(15)3/h7-8,10-11,14H,5-6,9H2,1-4H3. The quantitative estimate of drug-likeness (QED) is 0.770. The van der Waals surface area contributed by atoms with E-state index >= 15 is 0 Å². The maximum atomic E-state index is 11.5. The lowest BCUT2D eigenvalue weighted by Crippen LogP contribution is -2.29. The second-order valence-electron chi connectivity index (χ2n) is 6.26. The number of benzene rings is 1. The van der Waals surface area contributed by atoms with Crippen LogP contribution in [0.4, 0.5) is 0 Å². The summed E-state index contributed by atoms with van der Waals surface area (Å²) in [6.07, 6.45) is 3.50. The first-order valence-corrected chi connectivity index (χ1v) is 9.72. The summed E-state index contributed by atoms with van der Waals surface area (Å²) in [5, 5.41) is 0. The Balaban J connectivity index is 2.21. The van der Waals surface area contributed by atoms with Crippen LogP contribution in [-0.2, 0) is 9.05 Å². The molecule has 5 heteroatoms. The van der Waals surface area contributed by atoms with Crippen molar-refractivity contribution in [3.63, 3.8) is 0 Å². The maximum Gasteiger partial charge on any atom is 0.261 e. The lowest BCUT2D eigenvalue weighted by atomic mass is 9.80. The van der Waals surface area contributed by atoms with E-state index in [1.165, 1.54) is 12.5 Å². The molecule has 0 spiro atoms. The molecule has 0 saturated heterocycles. The highest BCUT2D eigenvalue weighted by molar-refractivity contribution is 8.13. The van der Waals surface area contributed by atoms with Gasteiger partial charge in [-0.1, -0.05) is 13.8 Å². The van der Waals surface area contributed by atoms with Crippen molar-refractivity contribution in [1.29, 1.82) is 0 Å². The molecule has 3 atom stereocenters. The SMILES string of the molecule is Cc1c(OC2CCC(C)C(C)C2)ccc(S(=O)(=O)Cl)c1C. The highest BCUT2D eigenvalue weighted by Crippen LogP contribution is 2.34. The van der Waals surface area contributed by atoms with E-state index in [2.05, 4.69) is 13.8 Å². The minimum atomic E-state index is -3.71. The van der Waals surface area contributed by atoms with Gasteiger partial charge in [-0.3, -0.25) is 0 Å². The van der Waals surface area contributed by atoms with Gasteiger partial charge in [0.15, 0.2) is 0 Å². The van der Waals surface area contributed by atoms with Gasteiger partial charge in [-0.05, 0) is 68.2 Å². The molecule has 21 heavy (non-hydrogen) atoms. The van der Waals surface area contributed by atoms with E-state index in [1.54, 1.807) is 13.0 Å². The van der Waals surface area contributed by atoms with Crippen LogP contribution in [0.1, 0.15) is 44.2 Å². The van der Waals surface area contributed by atoms with E-state index in [1.807, 2.05) is 6.92 Å². The van der Waals surface area contributed by atoms with Crippen molar-refractivity contribution in [3.05, 3.63) is 23.3 Å². The van der Waals surface area contributed by atoms with Crippen molar-refractivity contribution in [2.24, 2.45) is 11.8 Å². The highest BCUT2D eigenvalue weighted by Gasteiger charge is 2.26. The Morgan fingerprint density at radius 1 is 1.10 bits per heavy atom. The van der Waals surface area contributed by atoms with Gasteiger partial charge in [0.25, 0.3) is 9.05 Å². The molecule has 1 aliphatic rings. The normalized spacial score (nSPS) is 26.6. The maximum absolute atomic E-state index is 11.5. The van der Waals surface area contributed by atoms with Crippen molar-refractivity contribution >= 4 is 19.7 Å². The fourth-order valence-corrected chi connectivity index (χ4v) is 4.20. The molecule has 3 unspecified atom stereocenters. The van der Waals surface area contributed by atoms with E-state index in [4.69, 9.17) is 15.4 Å². The molecule has 0 aliphatic heterocycles. The third-order valence-corrected chi connectivity index (χ3v) is 6.26. The van der Waals surface area contributed by atoms with Gasteiger partial charge in [-0.25, -0.2) is 8.42 Å². The second-order valence-corrected chi connectivity index (χ2v) is 8.79. The first-order valence-electron chi connectivity index (χ1n) is 7.41. The minimum absolute atomic E-state index is 0.166. The lowest BCUT2D eigenvalue weighted by molar-refractivity contribution is 0.0998. The third kappa shape index (κ3) is 3.72. The summed E-state index contributed by atoms with van der Waals surface area (Å²) in [6, 6.07) is 3.26. The molecule has 0 N–H and O–H groups in total. The molecular weight excluding hydrogens is 308 g/mol. The van der Waals surface area contributed by atoms with Gasteiger partial charge in [0.05, 0.1) is 11.0 Å². The van der Waals surface area contributed by atoms with Crippen molar-refractivity contribution in [2.75, 3.05) is 0 Å². The zero-order chi connectivity index (χ0) is 15.8. The van der Waals surface area contributed by atoms with E-state index in [-0.39, 0.29) is 11.0 Å². The zero-order valence-corrected chi connectivity index (χ0v) is 14.6. The Morgan fingerprint density at radius 3 is 2.33 bits per heavy atom. The van der Waals surface area contributed by atoms with Crippen LogP contribution in [0.5, 0.6) is 5.75 Å². The average Bonchev–Trinajstić information content (AvgIpc) is 2.38. The fraction of sp³-hybridized carbons (Fsp3) is 0.625. The Bertz CT molecular complexity index is 625. The van der Waals surface area contributed by atoms with Gasteiger partial charge in [0, 0.05) is 10.7 Å². The summed E-state index contributed by atoms with van der Waals surface area (Å²) in [5.74, 6) is 2.17. The summed E-state index contributed by atoms with van der Waals surface area (Å²) in [5.41, 5.74) is 1.52. The van der Waals surface area contributed by atoms with Crippen LogP contribution >= 0.6 is 10.7 Å². The molecule has 0 heterocycles. The Labute approximate surface area is 132 Å². The summed E-state index contributed by atoms with van der Waals surface area (Å²) in [4.78, 5) is 0.166. The molecule has 0 aromatic heterocycles. The molecule has 1 fully saturated rings. The largest absolute Gasteiger partial charge is 0.490 e. The predicted octanol–water partition coefficient (Wildman–Crippen LogP) is 4.43. The minimum Gasteiger partial charge on any atom is -0.490 e. The Kier molecular flexibility index (Phi) is 4.89. The van der Waals surface area contributed by atoms with Crippen LogP contribution < -0.4 is 4.74 Å².